The Kier molecular flexibility index (Phi) is 9.58. The Morgan fingerprint density at radius 1 is 1.07 bits per heavy atom. The molecule has 0 bridgehead atoms. The van der Waals surface area contributed by atoms with Gasteiger partial charge in [0.15, 0.2) is 5.78 Å². The molecule has 2 aromatic carbocycles. The third-order valence-corrected chi connectivity index (χ3v) is 5.88. The van der Waals surface area contributed by atoms with Gasteiger partial charge in [0, 0.05) is 29.1 Å². The molecule has 2 heterocycles. The van der Waals surface area contributed by atoms with E-state index in [9.17, 15) is 9.59 Å². The molecule has 15 heteroatoms. The zero-order chi connectivity index (χ0) is 29.8. The van der Waals surface area contributed by atoms with Crippen LogP contribution in [0.25, 0.3) is 11.0 Å². The molecule has 4 N–H and O–H groups in total. The second kappa shape index (κ2) is 12.5. The Hall–Kier alpha value is -3.91. The van der Waals surface area contributed by atoms with Crippen LogP contribution < -0.4 is 21.1 Å². The van der Waals surface area contributed by atoms with Crippen LogP contribution in [-0.4, -0.2) is 52.7 Å². The number of amides is 2. The summed E-state index contributed by atoms with van der Waals surface area (Å²) < 4.78 is 34.5. The number of ether oxygens (including phenoxy) is 1. The van der Waals surface area contributed by atoms with Crippen LogP contribution in [0.15, 0.2) is 48.9 Å². The summed E-state index contributed by atoms with van der Waals surface area (Å²) in [4.78, 5) is 34.5. The third kappa shape index (κ3) is 7.60. The zero-order valence-corrected chi connectivity index (χ0v) is 24.1. The SMILES string of the molecule is COc1ccc(C(=O)c2cn(C(C)C)c3ncnc(N)c23)cc1NC(=O)Nc1ccc(Cl)cc1Cl.CS(=O)(=O)[O-]. The Morgan fingerprint density at radius 3 is 2.33 bits per heavy atom. The van der Waals surface area contributed by atoms with Crippen LogP contribution in [0.5, 0.6) is 5.75 Å². The fraction of sp³-hybridized carbons (Fsp3) is 0.200. The second-order valence-electron chi connectivity index (χ2n) is 8.65. The lowest BCUT2D eigenvalue weighted by molar-refractivity contribution is 0.104. The first-order chi connectivity index (χ1) is 18.7. The maximum Gasteiger partial charge on any atom is 0.323 e. The summed E-state index contributed by atoms with van der Waals surface area (Å²) in [7, 11) is -2.45. The molecule has 0 aliphatic carbocycles. The predicted octanol–water partition coefficient (Wildman–Crippen LogP) is 4.95. The number of anilines is 3. The molecule has 4 aromatic rings. The molecule has 12 nitrogen and oxygen atoms in total. The van der Waals surface area contributed by atoms with E-state index < -0.39 is 16.1 Å². The minimum Gasteiger partial charge on any atom is -0.748 e. The monoisotopic (exact) mass is 607 g/mol. The largest absolute Gasteiger partial charge is 0.748 e. The first-order valence-electron chi connectivity index (χ1n) is 11.5. The van der Waals surface area contributed by atoms with Crippen LogP contribution in [0.1, 0.15) is 35.8 Å². The van der Waals surface area contributed by atoms with Crippen LogP contribution >= 0.6 is 23.2 Å². The molecule has 0 spiro atoms. The number of hydrogen-bond acceptors (Lipinski definition) is 9. The van der Waals surface area contributed by atoms with Gasteiger partial charge >= 0.3 is 6.03 Å². The number of carbonyl (C=O) groups is 2. The molecular weight excluding hydrogens is 583 g/mol. The lowest BCUT2D eigenvalue weighted by Crippen LogP contribution is -2.20. The maximum absolute atomic E-state index is 13.5. The quantitative estimate of drug-likeness (QED) is 0.202. The summed E-state index contributed by atoms with van der Waals surface area (Å²) in [6, 6.07) is 8.91. The third-order valence-electron chi connectivity index (χ3n) is 5.33. The van der Waals surface area contributed by atoms with Crippen molar-refractivity contribution >= 4 is 73.4 Å². The lowest BCUT2D eigenvalue weighted by Gasteiger charge is -2.13. The van der Waals surface area contributed by atoms with Crippen LogP contribution in [0.3, 0.4) is 0 Å². The van der Waals surface area contributed by atoms with Gasteiger partial charge in [0.1, 0.15) is 23.5 Å². The highest BCUT2D eigenvalue weighted by Gasteiger charge is 2.22. The highest BCUT2D eigenvalue weighted by molar-refractivity contribution is 7.84. The summed E-state index contributed by atoms with van der Waals surface area (Å²) in [6.07, 6.45) is 3.69. The Balaban J connectivity index is 0.000000810. The lowest BCUT2D eigenvalue weighted by atomic mass is 10.0. The molecule has 2 aromatic heterocycles. The van der Waals surface area contributed by atoms with Gasteiger partial charge in [-0.05, 0) is 50.2 Å². The van der Waals surface area contributed by atoms with Crippen molar-refractivity contribution in [1.82, 2.24) is 14.5 Å². The maximum atomic E-state index is 13.5. The van der Waals surface area contributed by atoms with E-state index in [4.69, 9.17) is 46.6 Å². The fourth-order valence-corrected chi connectivity index (χ4v) is 4.10. The van der Waals surface area contributed by atoms with Gasteiger partial charge in [-0.1, -0.05) is 23.2 Å². The molecule has 40 heavy (non-hydrogen) atoms. The highest BCUT2D eigenvalue weighted by Crippen LogP contribution is 2.32. The van der Waals surface area contributed by atoms with E-state index in [0.29, 0.717) is 44.9 Å². The van der Waals surface area contributed by atoms with Crippen molar-refractivity contribution in [2.75, 3.05) is 29.7 Å². The predicted molar refractivity (Wildman–Crippen MR) is 153 cm³/mol. The number of methoxy groups -OCH3 is 1. The fourth-order valence-electron chi connectivity index (χ4n) is 3.64. The molecule has 0 saturated carbocycles. The van der Waals surface area contributed by atoms with Crippen LogP contribution in [-0.2, 0) is 10.1 Å². The first-order valence-corrected chi connectivity index (χ1v) is 14.0. The summed E-state index contributed by atoms with van der Waals surface area (Å²) in [5.74, 6) is 0.276. The summed E-state index contributed by atoms with van der Waals surface area (Å²) in [5, 5.41) is 6.55. The van der Waals surface area contributed by atoms with Crippen LogP contribution in [0.2, 0.25) is 10.0 Å². The molecule has 0 atom stereocenters. The number of urea groups is 1. The van der Waals surface area contributed by atoms with Gasteiger partial charge < -0.3 is 30.2 Å². The zero-order valence-electron chi connectivity index (χ0n) is 21.7. The first kappa shape index (κ1) is 30.6. The number of fused-ring (bicyclic) bond motifs is 1. The Labute approximate surface area is 240 Å². The number of halogens is 2. The van der Waals surface area contributed by atoms with Gasteiger partial charge in [0.2, 0.25) is 0 Å². The number of benzene rings is 2. The van der Waals surface area contributed by atoms with E-state index in [1.165, 1.54) is 25.6 Å². The second-order valence-corrected chi connectivity index (χ2v) is 10.9. The van der Waals surface area contributed by atoms with E-state index in [1.54, 1.807) is 30.5 Å². The topological polar surface area (TPSA) is 181 Å². The smallest absolute Gasteiger partial charge is 0.323 e. The Morgan fingerprint density at radius 2 is 1.73 bits per heavy atom. The van der Waals surface area contributed by atoms with Crippen LogP contribution in [0, 0.1) is 0 Å². The molecule has 0 aliphatic heterocycles. The number of carbonyl (C=O) groups excluding carboxylic acids is 2. The van der Waals surface area contributed by atoms with E-state index >= 15 is 0 Å². The van der Waals surface area contributed by atoms with Crippen molar-refractivity contribution in [3.05, 3.63) is 70.1 Å². The number of nitrogen functional groups attached to an aromatic ring is 1. The van der Waals surface area contributed by atoms with Gasteiger partial charge in [-0.25, -0.2) is 23.2 Å². The molecule has 0 unspecified atom stereocenters. The molecule has 212 valence electrons. The molecule has 4 rings (SSSR count). The van der Waals surface area contributed by atoms with E-state index in [0.717, 1.165) is 0 Å². The molecular formula is C25H25Cl2N6O6S-. The average Bonchev–Trinajstić information content (AvgIpc) is 3.26. The summed E-state index contributed by atoms with van der Waals surface area (Å²) in [5.41, 5.74) is 8.01. The van der Waals surface area contributed by atoms with Crippen molar-refractivity contribution in [2.24, 2.45) is 0 Å². The Bertz CT molecular complexity index is 1680. The van der Waals surface area contributed by atoms with Crippen molar-refractivity contribution in [3.63, 3.8) is 0 Å². The summed E-state index contributed by atoms with van der Waals surface area (Å²) in [6.45, 7) is 3.96. The van der Waals surface area contributed by atoms with Gasteiger partial charge in [-0.3, -0.25) is 4.79 Å². The summed E-state index contributed by atoms with van der Waals surface area (Å²) >= 11 is 12.0. The number of nitrogens with zero attached hydrogens (tertiary/aromatic N) is 3. The number of ketones is 1. The van der Waals surface area contributed by atoms with Gasteiger partial charge in [-0.15, -0.1) is 0 Å². The van der Waals surface area contributed by atoms with E-state index in [-0.39, 0.29) is 28.4 Å². The minimum absolute atomic E-state index is 0.0461. The molecule has 0 fully saturated rings. The van der Waals surface area contributed by atoms with Crippen molar-refractivity contribution in [3.8, 4) is 5.75 Å². The number of nitrogens with two attached hydrogens (primary N) is 1. The number of rotatable bonds is 6. The van der Waals surface area contributed by atoms with Crippen molar-refractivity contribution in [2.45, 2.75) is 19.9 Å². The molecule has 2 amide bonds. The minimum atomic E-state index is -3.92. The normalized spacial score (nSPS) is 11.1. The highest BCUT2D eigenvalue weighted by atomic mass is 35.5. The van der Waals surface area contributed by atoms with Gasteiger partial charge in [0.05, 0.1) is 44.6 Å². The van der Waals surface area contributed by atoms with Gasteiger partial charge in [-0.2, -0.15) is 0 Å². The molecule has 0 radical (unpaired) electrons. The number of aromatic nitrogens is 3. The van der Waals surface area contributed by atoms with Crippen molar-refractivity contribution in [1.29, 1.82) is 0 Å². The standard InChI is InChI=1S/C24H22Cl2N6O3.CH4O3S/c1-12(2)32-10-15(20-22(27)28-11-29-23(20)32)21(33)13-4-7-19(35-3)18(8-13)31-24(34)30-17-6-5-14(25)9-16(17)26;1-5(2,3)4/h4-12H,1-3H3,(H2,27,28,29)(H2,30,31,34);1H3,(H,2,3,4)/p-1. The van der Waals surface area contributed by atoms with Gasteiger partial charge in [0.25, 0.3) is 0 Å². The average molecular weight is 608 g/mol. The molecule has 0 saturated heterocycles. The van der Waals surface area contributed by atoms with E-state index in [2.05, 4.69) is 20.6 Å². The van der Waals surface area contributed by atoms with E-state index in [1.807, 2.05) is 18.4 Å². The van der Waals surface area contributed by atoms with Crippen molar-refractivity contribution < 1.29 is 27.3 Å². The number of hydrogen-bond donors (Lipinski definition) is 3. The van der Waals surface area contributed by atoms with Crippen LogP contribution in [0.4, 0.5) is 22.0 Å². The molecule has 0 aliphatic rings. The number of nitrogens with one attached hydrogen (secondary N) is 2.